The summed E-state index contributed by atoms with van der Waals surface area (Å²) in [6.07, 6.45) is 0. The molecule has 0 aliphatic carbocycles. The van der Waals surface area contributed by atoms with Gasteiger partial charge in [0.2, 0.25) is 0 Å². The number of aromatic nitrogens is 2. The average molecular weight is 365 g/mol. The standard InChI is InChI=1S/C17H21BrN2O2/c1-5-20-16(10-15(19-20)17(21)22-6-2)13-8-7-12(18)9-14(13)11(3)4/h7-11H,5-6H2,1-4H3. The highest BCUT2D eigenvalue weighted by atomic mass is 79.9. The Labute approximate surface area is 139 Å². The highest BCUT2D eigenvalue weighted by molar-refractivity contribution is 9.10. The first-order valence-corrected chi connectivity index (χ1v) is 8.32. The smallest absolute Gasteiger partial charge is 0.358 e. The molecule has 0 unspecified atom stereocenters. The van der Waals surface area contributed by atoms with Crippen molar-refractivity contribution in [1.29, 1.82) is 0 Å². The zero-order valence-electron chi connectivity index (χ0n) is 13.4. The van der Waals surface area contributed by atoms with Crippen LogP contribution in [0.15, 0.2) is 28.7 Å². The van der Waals surface area contributed by atoms with Gasteiger partial charge < -0.3 is 4.74 Å². The van der Waals surface area contributed by atoms with Gasteiger partial charge in [-0.3, -0.25) is 4.68 Å². The second kappa shape index (κ2) is 7.09. The lowest BCUT2D eigenvalue weighted by atomic mass is 9.95. The van der Waals surface area contributed by atoms with E-state index in [1.165, 1.54) is 5.56 Å². The van der Waals surface area contributed by atoms with Crippen molar-refractivity contribution >= 4 is 21.9 Å². The Kier molecular flexibility index (Phi) is 5.40. The Balaban J connectivity index is 2.55. The molecule has 0 fully saturated rings. The Morgan fingerprint density at radius 3 is 2.64 bits per heavy atom. The summed E-state index contributed by atoms with van der Waals surface area (Å²) < 4.78 is 7.95. The molecular weight excluding hydrogens is 344 g/mol. The molecule has 4 nitrogen and oxygen atoms in total. The van der Waals surface area contributed by atoms with Crippen LogP contribution in [0.25, 0.3) is 11.3 Å². The van der Waals surface area contributed by atoms with Gasteiger partial charge in [-0.25, -0.2) is 4.79 Å². The maximum Gasteiger partial charge on any atom is 0.358 e. The van der Waals surface area contributed by atoms with Gasteiger partial charge in [-0.15, -0.1) is 0 Å². The SMILES string of the molecule is CCOC(=O)c1cc(-c2ccc(Br)cc2C(C)C)n(CC)n1. The van der Waals surface area contributed by atoms with Crippen LogP contribution in [-0.4, -0.2) is 22.4 Å². The number of benzene rings is 1. The topological polar surface area (TPSA) is 44.1 Å². The first-order chi connectivity index (χ1) is 10.5. The van der Waals surface area contributed by atoms with E-state index in [1.807, 2.05) is 23.7 Å². The fourth-order valence-corrected chi connectivity index (χ4v) is 2.80. The molecule has 0 saturated carbocycles. The molecule has 2 rings (SSSR count). The van der Waals surface area contributed by atoms with Crippen molar-refractivity contribution in [3.05, 3.63) is 40.0 Å². The zero-order chi connectivity index (χ0) is 16.3. The van der Waals surface area contributed by atoms with Crippen LogP contribution in [-0.2, 0) is 11.3 Å². The second-order valence-corrected chi connectivity index (χ2v) is 6.25. The molecule has 1 aromatic carbocycles. The molecule has 5 heteroatoms. The van der Waals surface area contributed by atoms with Gasteiger partial charge in [0.1, 0.15) is 0 Å². The Hall–Kier alpha value is -1.62. The van der Waals surface area contributed by atoms with Crippen molar-refractivity contribution in [2.75, 3.05) is 6.61 Å². The lowest BCUT2D eigenvalue weighted by molar-refractivity contribution is 0.0518. The molecule has 0 N–H and O–H groups in total. The third-order valence-electron chi connectivity index (χ3n) is 3.48. The summed E-state index contributed by atoms with van der Waals surface area (Å²) in [7, 11) is 0. The van der Waals surface area contributed by atoms with Crippen LogP contribution in [0.4, 0.5) is 0 Å². The van der Waals surface area contributed by atoms with Gasteiger partial charge in [0.05, 0.1) is 12.3 Å². The van der Waals surface area contributed by atoms with Crippen LogP contribution >= 0.6 is 15.9 Å². The maximum absolute atomic E-state index is 11.9. The van der Waals surface area contributed by atoms with Crippen molar-refractivity contribution < 1.29 is 9.53 Å². The van der Waals surface area contributed by atoms with Crippen molar-refractivity contribution in [3.63, 3.8) is 0 Å². The fraction of sp³-hybridized carbons (Fsp3) is 0.412. The summed E-state index contributed by atoms with van der Waals surface area (Å²) in [5.41, 5.74) is 3.63. The first-order valence-electron chi connectivity index (χ1n) is 7.52. The maximum atomic E-state index is 11.9. The van der Waals surface area contributed by atoms with E-state index < -0.39 is 0 Å². The molecular formula is C17H21BrN2O2. The van der Waals surface area contributed by atoms with Gasteiger partial charge >= 0.3 is 5.97 Å². The number of rotatable bonds is 5. The van der Waals surface area contributed by atoms with E-state index in [0.717, 1.165) is 15.7 Å². The van der Waals surface area contributed by atoms with E-state index in [1.54, 1.807) is 6.92 Å². The van der Waals surface area contributed by atoms with Gasteiger partial charge in [-0.05, 0) is 43.5 Å². The quantitative estimate of drug-likeness (QED) is 0.726. The molecule has 0 saturated heterocycles. The molecule has 22 heavy (non-hydrogen) atoms. The Morgan fingerprint density at radius 1 is 1.32 bits per heavy atom. The summed E-state index contributed by atoms with van der Waals surface area (Å²) in [4.78, 5) is 11.9. The number of carbonyl (C=O) groups is 1. The van der Waals surface area contributed by atoms with Crippen molar-refractivity contribution in [1.82, 2.24) is 9.78 Å². The predicted octanol–water partition coefficient (Wildman–Crippen LogP) is 4.63. The fourth-order valence-electron chi connectivity index (χ4n) is 2.42. The number of ether oxygens (including phenoxy) is 1. The van der Waals surface area contributed by atoms with Crippen LogP contribution in [0.2, 0.25) is 0 Å². The molecule has 0 amide bonds. The summed E-state index contributed by atoms with van der Waals surface area (Å²) >= 11 is 3.53. The molecule has 118 valence electrons. The predicted molar refractivity (Wildman–Crippen MR) is 91.1 cm³/mol. The third kappa shape index (κ3) is 3.40. The molecule has 0 aliphatic rings. The highest BCUT2D eigenvalue weighted by Gasteiger charge is 2.18. The molecule has 2 aromatic rings. The number of halogens is 1. The summed E-state index contributed by atoms with van der Waals surface area (Å²) in [5, 5.41) is 4.38. The van der Waals surface area contributed by atoms with Gasteiger partial charge in [-0.2, -0.15) is 5.10 Å². The number of nitrogens with zero attached hydrogens (tertiary/aromatic N) is 2. The minimum atomic E-state index is -0.376. The normalized spacial score (nSPS) is 11.0. The number of hydrogen-bond donors (Lipinski definition) is 0. The lowest BCUT2D eigenvalue weighted by Crippen LogP contribution is -2.07. The molecule has 0 bridgehead atoms. The van der Waals surface area contributed by atoms with Gasteiger partial charge in [-0.1, -0.05) is 35.8 Å². The monoisotopic (exact) mass is 364 g/mol. The largest absolute Gasteiger partial charge is 0.461 e. The summed E-state index contributed by atoms with van der Waals surface area (Å²) in [6.45, 7) is 9.17. The number of hydrogen-bond acceptors (Lipinski definition) is 3. The van der Waals surface area contributed by atoms with Crippen molar-refractivity contribution in [3.8, 4) is 11.3 Å². The van der Waals surface area contributed by atoms with E-state index in [2.05, 4.69) is 47.0 Å². The molecule has 1 aromatic heterocycles. The number of esters is 1. The van der Waals surface area contributed by atoms with E-state index >= 15 is 0 Å². The minimum Gasteiger partial charge on any atom is -0.461 e. The average Bonchev–Trinajstić information content (AvgIpc) is 2.91. The molecule has 0 spiro atoms. The van der Waals surface area contributed by atoms with Crippen LogP contribution in [0.3, 0.4) is 0 Å². The van der Waals surface area contributed by atoms with E-state index in [4.69, 9.17) is 4.74 Å². The van der Waals surface area contributed by atoms with Crippen LogP contribution in [0.1, 0.15) is 49.7 Å². The van der Waals surface area contributed by atoms with E-state index in [-0.39, 0.29) is 5.97 Å². The zero-order valence-corrected chi connectivity index (χ0v) is 15.0. The number of carbonyl (C=O) groups excluding carboxylic acids is 1. The molecule has 1 heterocycles. The molecule has 0 atom stereocenters. The van der Waals surface area contributed by atoms with Gasteiger partial charge in [0.25, 0.3) is 0 Å². The van der Waals surface area contributed by atoms with Crippen LogP contribution in [0.5, 0.6) is 0 Å². The van der Waals surface area contributed by atoms with Gasteiger partial charge in [0, 0.05) is 16.6 Å². The van der Waals surface area contributed by atoms with Crippen molar-refractivity contribution in [2.45, 2.75) is 40.2 Å². The van der Waals surface area contributed by atoms with Gasteiger partial charge in [0.15, 0.2) is 5.69 Å². The van der Waals surface area contributed by atoms with E-state index in [9.17, 15) is 4.79 Å². The lowest BCUT2D eigenvalue weighted by Gasteiger charge is -2.14. The third-order valence-corrected chi connectivity index (χ3v) is 3.97. The minimum absolute atomic E-state index is 0.350. The van der Waals surface area contributed by atoms with Crippen molar-refractivity contribution in [2.24, 2.45) is 0 Å². The van der Waals surface area contributed by atoms with Crippen LogP contribution in [0, 0.1) is 0 Å². The second-order valence-electron chi connectivity index (χ2n) is 5.34. The summed E-state index contributed by atoms with van der Waals surface area (Å²) in [6, 6.07) is 8.02. The van der Waals surface area contributed by atoms with E-state index in [0.29, 0.717) is 24.8 Å². The number of aryl methyl sites for hydroxylation is 1. The van der Waals surface area contributed by atoms with Crippen LogP contribution < -0.4 is 0 Å². The highest BCUT2D eigenvalue weighted by Crippen LogP contribution is 2.32. The first kappa shape index (κ1) is 16.7. The molecule has 0 radical (unpaired) electrons. The summed E-state index contributed by atoms with van der Waals surface area (Å²) in [5.74, 6) is -0.00194. The Morgan fingerprint density at radius 2 is 2.05 bits per heavy atom. The Bertz CT molecular complexity index is 677. The molecule has 0 aliphatic heterocycles.